The second kappa shape index (κ2) is 9.32. The second-order valence-electron chi connectivity index (χ2n) is 7.36. The normalized spacial score (nSPS) is 11.3. The number of phenolic OH excluding ortho intramolecular Hbond substituents is 1. The molecule has 0 heterocycles. The standard InChI is InChI=1S/C26H20FN3O3/c1-16(29-30-26(33)24-22-8-3-2-5-17(22)11-14-23(24)31)19-6-4-7-21(15-19)28-25(32)18-9-12-20(27)13-10-18/h2-15,31H,1H3,(H,28,32)(H,30,33)/b29-16+. The molecule has 4 aromatic carbocycles. The van der Waals surface area contributed by atoms with Crippen LogP contribution in [0.25, 0.3) is 10.8 Å². The largest absolute Gasteiger partial charge is 0.507 e. The van der Waals surface area contributed by atoms with Crippen LogP contribution in [-0.4, -0.2) is 22.6 Å². The molecule has 0 aromatic heterocycles. The third kappa shape index (κ3) is 4.88. The minimum Gasteiger partial charge on any atom is -0.507 e. The van der Waals surface area contributed by atoms with E-state index in [9.17, 15) is 19.1 Å². The number of fused-ring (bicyclic) bond motifs is 1. The van der Waals surface area contributed by atoms with Crippen molar-refractivity contribution in [2.45, 2.75) is 6.92 Å². The molecule has 0 unspecified atom stereocenters. The van der Waals surface area contributed by atoms with Crippen LogP contribution < -0.4 is 10.7 Å². The number of halogens is 1. The van der Waals surface area contributed by atoms with Crippen LogP contribution in [0.2, 0.25) is 0 Å². The van der Waals surface area contributed by atoms with E-state index in [0.717, 1.165) is 5.39 Å². The van der Waals surface area contributed by atoms with Crippen LogP contribution in [0.1, 0.15) is 33.2 Å². The van der Waals surface area contributed by atoms with E-state index in [2.05, 4.69) is 15.8 Å². The van der Waals surface area contributed by atoms with E-state index in [-0.39, 0.29) is 17.2 Å². The molecule has 0 aliphatic carbocycles. The molecule has 0 atom stereocenters. The minimum atomic E-state index is -0.538. The van der Waals surface area contributed by atoms with E-state index in [4.69, 9.17) is 0 Å². The van der Waals surface area contributed by atoms with Crippen molar-refractivity contribution in [1.82, 2.24) is 5.43 Å². The average molecular weight is 441 g/mol. The summed E-state index contributed by atoms with van der Waals surface area (Å²) in [6.07, 6.45) is 0. The molecule has 2 amide bonds. The van der Waals surface area contributed by atoms with Gasteiger partial charge < -0.3 is 10.4 Å². The van der Waals surface area contributed by atoms with Crippen molar-refractivity contribution in [3.8, 4) is 5.75 Å². The lowest BCUT2D eigenvalue weighted by molar-refractivity contribution is 0.0953. The van der Waals surface area contributed by atoms with E-state index < -0.39 is 11.7 Å². The van der Waals surface area contributed by atoms with Crippen LogP contribution in [-0.2, 0) is 0 Å². The third-order valence-corrected chi connectivity index (χ3v) is 5.10. The summed E-state index contributed by atoms with van der Waals surface area (Å²) in [5.74, 6) is -1.46. The first kappa shape index (κ1) is 21.7. The van der Waals surface area contributed by atoms with Crippen molar-refractivity contribution in [2.24, 2.45) is 5.10 Å². The zero-order valence-corrected chi connectivity index (χ0v) is 17.7. The quantitative estimate of drug-likeness (QED) is 0.298. The Bertz CT molecular complexity index is 1380. The topological polar surface area (TPSA) is 90.8 Å². The van der Waals surface area contributed by atoms with Crippen molar-refractivity contribution in [2.75, 3.05) is 5.32 Å². The summed E-state index contributed by atoms with van der Waals surface area (Å²) in [5.41, 5.74) is 4.66. The third-order valence-electron chi connectivity index (χ3n) is 5.10. The molecule has 33 heavy (non-hydrogen) atoms. The van der Waals surface area contributed by atoms with Crippen molar-refractivity contribution in [1.29, 1.82) is 0 Å². The molecule has 0 spiro atoms. The van der Waals surface area contributed by atoms with Crippen LogP contribution in [0, 0.1) is 5.82 Å². The highest BCUT2D eigenvalue weighted by Gasteiger charge is 2.15. The van der Waals surface area contributed by atoms with Gasteiger partial charge in [0.1, 0.15) is 11.6 Å². The molecule has 6 nitrogen and oxygen atoms in total. The predicted molar refractivity (Wildman–Crippen MR) is 126 cm³/mol. The first-order valence-electron chi connectivity index (χ1n) is 10.1. The fourth-order valence-electron chi connectivity index (χ4n) is 3.38. The highest BCUT2D eigenvalue weighted by molar-refractivity contribution is 6.10. The summed E-state index contributed by atoms with van der Waals surface area (Å²) in [7, 11) is 0. The molecule has 4 aromatic rings. The van der Waals surface area contributed by atoms with Gasteiger partial charge in [-0.2, -0.15) is 5.10 Å². The van der Waals surface area contributed by atoms with Crippen LogP contribution in [0.3, 0.4) is 0 Å². The maximum Gasteiger partial charge on any atom is 0.275 e. The number of aromatic hydroxyl groups is 1. The molecule has 0 radical (unpaired) electrons. The number of amides is 2. The number of rotatable bonds is 5. The molecular weight excluding hydrogens is 421 g/mol. The summed E-state index contributed by atoms with van der Waals surface area (Å²) in [4.78, 5) is 25.1. The SMILES string of the molecule is C/C(=N\NC(=O)c1c(O)ccc2ccccc12)c1cccc(NC(=O)c2ccc(F)cc2)c1. The van der Waals surface area contributed by atoms with Gasteiger partial charge in [-0.05, 0) is 65.7 Å². The Morgan fingerprint density at radius 3 is 2.39 bits per heavy atom. The Kier molecular flexibility index (Phi) is 6.13. The van der Waals surface area contributed by atoms with Crippen molar-refractivity contribution in [3.05, 3.63) is 107 Å². The number of nitrogens with one attached hydrogen (secondary N) is 2. The number of nitrogens with zero attached hydrogens (tertiary/aromatic N) is 1. The second-order valence-corrected chi connectivity index (χ2v) is 7.36. The molecule has 0 fully saturated rings. The molecule has 7 heteroatoms. The van der Waals surface area contributed by atoms with Crippen LogP contribution >= 0.6 is 0 Å². The minimum absolute atomic E-state index is 0.135. The van der Waals surface area contributed by atoms with Crippen LogP contribution in [0.5, 0.6) is 5.75 Å². The molecular formula is C26H20FN3O3. The highest BCUT2D eigenvalue weighted by atomic mass is 19.1. The van der Waals surface area contributed by atoms with Gasteiger partial charge in [-0.3, -0.25) is 9.59 Å². The van der Waals surface area contributed by atoms with E-state index in [1.165, 1.54) is 30.3 Å². The molecule has 0 bridgehead atoms. The van der Waals surface area contributed by atoms with Crippen molar-refractivity contribution < 1.29 is 19.1 Å². The van der Waals surface area contributed by atoms with Gasteiger partial charge in [0.25, 0.3) is 11.8 Å². The van der Waals surface area contributed by atoms with E-state index in [0.29, 0.717) is 27.9 Å². The Labute approximate surface area is 189 Å². The average Bonchev–Trinajstić information content (AvgIpc) is 2.82. The van der Waals surface area contributed by atoms with E-state index in [1.54, 1.807) is 49.4 Å². The number of benzene rings is 4. The molecule has 4 rings (SSSR count). The lowest BCUT2D eigenvalue weighted by atomic mass is 10.0. The van der Waals surface area contributed by atoms with E-state index in [1.807, 2.05) is 12.1 Å². The monoisotopic (exact) mass is 441 g/mol. The molecule has 0 saturated carbocycles. The maximum atomic E-state index is 13.1. The lowest BCUT2D eigenvalue weighted by Gasteiger charge is -2.09. The number of carbonyl (C=O) groups excluding carboxylic acids is 2. The van der Waals surface area contributed by atoms with Gasteiger partial charge in [0.2, 0.25) is 0 Å². The number of anilines is 1. The fraction of sp³-hybridized carbons (Fsp3) is 0.0385. The van der Waals surface area contributed by atoms with Crippen LogP contribution in [0.15, 0.2) is 90.0 Å². The van der Waals surface area contributed by atoms with Gasteiger partial charge in [0.15, 0.2) is 0 Å². The zero-order chi connectivity index (χ0) is 23.4. The van der Waals surface area contributed by atoms with Gasteiger partial charge in [-0.25, -0.2) is 9.82 Å². The van der Waals surface area contributed by atoms with E-state index >= 15 is 0 Å². The molecule has 0 aliphatic heterocycles. The molecule has 164 valence electrons. The first-order valence-corrected chi connectivity index (χ1v) is 10.1. The van der Waals surface area contributed by atoms with Gasteiger partial charge in [-0.15, -0.1) is 0 Å². The van der Waals surface area contributed by atoms with Gasteiger partial charge in [0, 0.05) is 11.3 Å². The summed E-state index contributed by atoms with van der Waals surface area (Å²) in [5, 5.41) is 18.6. The summed E-state index contributed by atoms with van der Waals surface area (Å²) in [6.45, 7) is 1.71. The number of hydrazone groups is 1. The predicted octanol–water partition coefficient (Wildman–Crippen LogP) is 5.09. The zero-order valence-electron chi connectivity index (χ0n) is 17.7. The van der Waals surface area contributed by atoms with Gasteiger partial charge >= 0.3 is 0 Å². The smallest absolute Gasteiger partial charge is 0.275 e. The molecule has 0 saturated heterocycles. The number of hydrogen-bond acceptors (Lipinski definition) is 4. The Hall–Kier alpha value is -4.52. The van der Waals surface area contributed by atoms with Crippen LogP contribution in [0.4, 0.5) is 10.1 Å². The Morgan fingerprint density at radius 2 is 1.61 bits per heavy atom. The molecule has 0 aliphatic rings. The molecule has 3 N–H and O–H groups in total. The van der Waals surface area contributed by atoms with Gasteiger partial charge in [0.05, 0.1) is 11.3 Å². The summed E-state index contributed by atoms with van der Waals surface area (Å²) in [6, 6.07) is 22.7. The summed E-state index contributed by atoms with van der Waals surface area (Å²) < 4.78 is 13.1. The van der Waals surface area contributed by atoms with Gasteiger partial charge in [-0.1, -0.05) is 42.5 Å². The number of hydrogen-bond donors (Lipinski definition) is 3. The lowest BCUT2D eigenvalue weighted by Crippen LogP contribution is -2.20. The maximum absolute atomic E-state index is 13.1. The highest BCUT2D eigenvalue weighted by Crippen LogP contribution is 2.27. The van der Waals surface area contributed by atoms with Crippen molar-refractivity contribution in [3.63, 3.8) is 0 Å². The first-order chi connectivity index (χ1) is 15.9. The number of carbonyl (C=O) groups is 2. The number of phenols is 1. The summed E-state index contributed by atoms with van der Waals surface area (Å²) >= 11 is 0. The van der Waals surface area contributed by atoms with Crippen molar-refractivity contribution >= 4 is 34.0 Å². The fourth-order valence-corrected chi connectivity index (χ4v) is 3.38. The Balaban J connectivity index is 1.51. The Morgan fingerprint density at radius 1 is 0.848 bits per heavy atom.